The molecule has 0 bridgehead atoms. The Hall–Kier alpha value is -1.03. The lowest BCUT2D eigenvalue weighted by Gasteiger charge is -2.11. The van der Waals surface area contributed by atoms with Crippen molar-refractivity contribution in [2.75, 3.05) is 0 Å². The molecule has 0 saturated carbocycles. The van der Waals surface area contributed by atoms with Gasteiger partial charge in [-0.05, 0) is 56.2 Å². The molecule has 3 aromatic rings. The Morgan fingerprint density at radius 1 is 0.810 bits per heavy atom. The Morgan fingerprint density at radius 3 is 1.86 bits per heavy atom. The van der Waals surface area contributed by atoms with Gasteiger partial charge >= 0.3 is 0 Å². The molecule has 2 aromatic heterocycles. The molecule has 0 nitrogen and oxygen atoms in total. The van der Waals surface area contributed by atoms with E-state index in [-0.39, 0.29) is 0 Å². The van der Waals surface area contributed by atoms with Gasteiger partial charge in [0.25, 0.3) is 0 Å². The van der Waals surface area contributed by atoms with Crippen molar-refractivity contribution in [3.8, 4) is 11.1 Å². The lowest BCUT2D eigenvalue weighted by Crippen LogP contribution is -1.86. The van der Waals surface area contributed by atoms with E-state index < -0.39 is 0 Å². The van der Waals surface area contributed by atoms with Gasteiger partial charge in [-0.15, -0.1) is 34.4 Å². The maximum atomic E-state index is 2.36. The normalized spacial score (nSPS) is 13.5. The minimum absolute atomic E-state index is 0.482. The first-order chi connectivity index (χ1) is 10.1. The summed E-state index contributed by atoms with van der Waals surface area (Å²) in [7, 11) is 0. The van der Waals surface area contributed by atoms with E-state index in [2.05, 4.69) is 57.2 Å². The Bertz CT molecular complexity index is 759. The van der Waals surface area contributed by atoms with Crippen molar-refractivity contribution in [2.24, 2.45) is 0 Å². The average Bonchev–Trinajstić information content (AvgIpc) is 3.06. The maximum absolute atomic E-state index is 2.36. The fraction of sp³-hybridized carbons (Fsp3) is 0.222. The molecule has 1 aliphatic carbocycles. The molecule has 1 aliphatic rings. The molecule has 0 aliphatic heterocycles. The van der Waals surface area contributed by atoms with Crippen molar-refractivity contribution in [1.29, 1.82) is 0 Å². The van der Waals surface area contributed by atoms with Crippen LogP contribution in [0.2, 0.25) is 0 Å². The van der Waals surface area contributed by atoms with E-state index >= 15 is 0 Å². The molecule has 0 saturated heterocycles. The minimum atomic E-state index is 0.482. The highest BCUT2D eigenvalue weighted by Crippen LogP contribution is 2.57. The van der Waals surface area contributed by atoms with Gasteiger partial charge in [0.2, 0.25) is 0 Å². The van der Waals surface area contributed by atoms with Crippen LogP contribution in [-0.4, -0.2) is 0 Å². The average molecular weight is 329 g/mol. The first-order valence-electron chi connectivity index (χ1n) is 7.06. The van der Waals surface area contributed by atoms with Crippen LogP contribution in [0, 0.1) is 20.8 Å². The summed E-state index contributed by atoms with van der Waals surface area (Å²) in [6.07, 6.45) is 0. The van der Waals surface area contributed by atoms with E-state index in [1.165, 1.54) is 31.3 Å². The van der Waals surface area contributed by atoms with Gasteiger partial charge in [-0.25, -0.2) is 0 Å². The topological polar surface area (TPSA) is 0 Å². The predicted molar refractivity (Wildman–Crippen MR) is 96.0 cm³/mol. The minimum Gasteiger partial charge on any atom is -0.143 e. The monoisotopic (exact) mass is 328 g/mol. The second-order valence-electron chi connectivity index (χ2n) is 5.58. The van der Waals surface area contributed by atoms with Crippen molar-refractivity contribution in [2.45, 2.75) is 30.9 Å². The second kappa shape index (κ2) is 5.01. The zero-order valence-electron chi connectivity index (χ0n) is 12.3. The number of rotatable bonds is 2. The van der Waals surface area contributed by atoms with Gasteiger partial charge in [-0.3, -0.25) is 0 Å². The van der Waals surface area contributed by atoms with Gasteiger partial charge in [0.1, 0.15) is 0 Å². The quantitative estimate of drug-likeness (QED) is 0.511. The van der Waals surface area contributed by atoms with Gasteiger partial charge < -0.3 is 0 Å². The first kappa shape index (κ1) is 13.6. The van der Waals surface area contributed by atoms with Crippen molar-refractivity contribution in [3.05, 3.63) is 61.5 Å². The second-order valence-corrected chi connectivity index (χ2v) is 9.34. The van der Waals surface area contributed by atoms with Gasteiger partial charge in [0.15, 0.2) is 0 Å². The van der Waals surface area contributed by atoms with Crippen LogP contribution in [0.3, 0.4) is 0 Å². The van der Waals surface area contributed by atoms with E-state index in [0.29, 0.717) is 5.25 Å². The molecule has 106 valence electrons. The van der Waals surface area contributed by atoms with Crippen LogP contribution in [0.5, 0.6) is 0 Å². The molecule has 0 radical (unpaired) electrons. The summed E-state index contributed by atoms with van der Waals surface area (Å²) >= 11 is 5.91. The van der Waals surface area contributed by atoms with Crippen LogP contribution in [0.4, 0.5) is 0 Å². The maximum Gasteiger partial charge on any atom is 0.0793 e. The molecular weight excluding hydrogens is 312 g/mol. The highest BCUT2D eigenvalue weighted by atomic mass is 32.2. The molecule has 21 heavy (non-hydrogen) atoms. The van der Waals surface area contributed by atoms with Gasteiger partial charge in [0, 0.05) is 24.4 Å². The third-order valence-corrected chi connectivity index (χ3v) is 7.59. The molecule has 0 fully saturated rings. The van der Waals surface area contributed by atoms with Gasteiger partial charge in [-0.1, -0.05) is 17.7 Å². The number of aryl methyl sites for hydroxylation is 3. The summed E-state index contributed by atoms with van der Waals surface area (Å²) in [5, 5.41) is 0.482. The first-order valence-corrected chi connectivity index (χ1v) is 9.57. The highest BCUT2D eigenvalue weighted by Gasteiger charge is 2.33. The fourth-order valence-corrected chi connectivity index (χ4v) is 6.59. The zero-order valence-corrected chi connectivity index (χ0v) is 14.7. The number of fused-ring (bicyclic) bond motifs is 3. The number of hydrogen-bond donors (Lipinski definition) is 0. The number of thiophene rings is 2. The molecular formula is C18H16S3. The Morgan fingerprint density at radius 2 is 1.33 bits per heavy atom. The number of hydrogen-bond acceptors (Lipinski definition) is 3. The molecule has 3 heteroatoms. The summed E-state index contributed by atoms with van der Waals surface area (Å²) in [6, 6.07) is 13.6. The lowest BCUT2D eigenvalue weighted by molar-refractivity contribution is 1.29. The number of thioether (sulfide) groups is 1. The van der Waals surface area contributed by atoms with Crippen LogP contribution in [0.1, 0.15) is 30.3 Å². The largest absolute Gasteiger partial charge is 0.143 e. The van der Waals surface area contributed by atoms with Crippen molar-refractivity contribution in [1.82, 2.24) is 0 Å². The zero-order chi connectivity index (χ0) is 14.6. The van der Waals surface area contributed by atoms with Gasteiger partial charge in [0.05, 0.1) is 5.25 Å². The molecule has 0 unspecified atom stereocenters. The summed E-state index contributed by atoms with van der Waals surface area (Å²) in [6.45, 7) is 6.58. The molecule has 0 amide bonds. The Kier molecular flexibility index (Phi) is 3.25. The highest BCUT2D eigenvalue weighted by molar-refractivity contribution is 8.00. The third kappa shape index (κ3) is 2.28. The van der Waals surface area contributed by atoms with E-state index in [9.17, 15) is 0 Å². The molecule has 0 N–H and O–H groups in total. The number of benzene rings is 1. The van der Waals surface area contributed by atoms with Gasteiger partial charge in [-0.2, -0.15) is 0 Å². The van der Waals surface area contributed by atoms with E-state index in [0.717, 1.165) is 0 Å². The summed E-state index contributed by atoms with van der Waals surface area (Å²) in [4.78, 5) is 7.29. The van der Waals surface area contributed by atoms with Crippen LogP contribution >= 0.6 is 34.4 Å². The molecule has 0 atom stereocenters. The Balaban J connectivity index is 1.78. The molecule has 0 spiro atoms. The molecule has 4 rings (SSSR count). The van der Waals surface area contributed by atoms with Crippen molar-refractivity contribution >= 4 is 34.4 Å². The SMILES string of the molecule is Cc1ccc(SC2c3sc(C)cc3-c3cc(C)sc32)cc1. The van der Waals surface area contributed by atoms with E-state index in [1.54, 1.807) is 9.75 Å². The standard InChI is InChI=1S/C18H16S3/c1-10-4-6-13(7-5-10)21-18-16-14(8-11(2)19-16)15-9-12(3)20-17(15)18/h4-9,18H,1-3H3. The van der Waals surface area contributed by atoms with Crippen LogP contribution in [0.15, 0.2) is 41.3 Å². The van der Waals surface area contributed by atoms with Crippen molar-refractivity contribution < 1.29 is 0 Å². The van der Waals surface area contributed by atoms with E-state index in [1.807, 2.05) is 34.4 Å². The van der Waals surface area contributed by atoms with Crippen LogP contribution in [0.25, 0.3) is 11.1 Å². The van der Waals surface area contributed by atoms with E-state index in [4.69, 9.17) is 0 Å². The lowest BCUT2D eigenvalue weighted by atomic mass is 10.2. The molecule has 1 aromatic carbocycles. The summed E-state index contributed by atoms with van der Waals surface area (Å²) in [5.74, 6) is 0. The van der Waals surface area contributed by atoms with Crippen LogP contribution in [-0.2, 0) is 0 Å². The third-order valence-electron chi connectivity index (χ3n) is 3.81. The summed E-state index contributed by atoms with van der Waals surface area (Å²) < 4.78 is 0. The van der Waals surface area contributed by atoms with Crippen molar-refractivity contribution in [3.63, 3.8) is 0 Å². The fourth-order valence-electron chi connectivity index (χ4n) is 2.85. The predicted octanol–water partition coefficient (Wildman–Crippen LogP) is 6.60. The molecule has 2 heterocycles. The summed E-state index contributed by atoms with van der Waals surface area (Å²) in [5.41, 5.74) is 4.27. The Labute approximate surface area is 137 Å². The van der Waals surface area contributed by atoms with Crippen LogP contribution < -0.4 is 0 Å². The smallest absolute Gasteiger partial charge is 0.0793 e.